The number of hydrogen-bond acceptors (Lipinski definition) is 1. The van der Waals surface area contributed by atoms with E-state index < -0.39 is 11.5 Å². The first-order chi connectivity index (χ1) is 3.41. The summed E-state index contributed by atoms with van der Waals surface area (Å²) in [5.74, 6) is -2.47. The average Bonchev–Trinajstić information content (AvgIpc) is 1.20. The number of halogens is 2. The predicted octanol–water partition coefficient (Wildman–Crippen LogP) is 1.38. The maximum absolute atomic E-state index is 12.0. The minimum Gasteiger partial charge on any atom is -0.325 e. The molecule has 0 heterocycles. The van der Waals surface area contributed by atoms with Crippen molar-refractivity contribution in [2.75, 3.05) is 0 Å². The van der Waals surface area contributed by atoms with Crippen LogP contribution in [0.5, 0.6) is 0 Å². The van der Waals surface area contributed by atoms with E-state index in [1.54, 1.807) is 6.92 Å². The van der Waals surface area contributed by atoms with Crippen LogP contribution in [-0.2, 0) is 0 Å². The van der Waals surface area contributed by atoms with Gasteiger partial charge in [0.1, 0.15) is 0 Å². The van der Waals surface area contributed by atoms with Crippen molar-refractivity contribution in [3.8, 4) is 0 Å². The summed E-state index contributed by atoms with van der Waals surface area (Å²) in [6.07, 6.45) is -0.306. The van der Waals surface area contributed by atoms with Gasteiger partial charge in [0.05, 0.1) is 0 Å². The van der Waals surface area contributed by atoms with Crippen LogP contribution in [0.15, 0.2) is 0 Å². The summed E-state index contributed by atoms with van der Waals surface area (Å²) < 4.78 is 23.9. The highest BCUT2D eigenvalue weighted by Crippen LogP contribution is 2.43. The van der Waals surface area contributed by atoms with Crippen LogP contribution in [-0.4, -0.2) is 11.5 Å². The molecule has 0 saturated heterocycles. The molecule has 0 radical (unpaired) electrons. The van der Waals surface area contributed by atoms with Crippen molar-refractivity contribution < 1.29 is 10.2 Å². The van der Waals surface area contributed by atoms with E-state index >= 15 is 0 Å². The molecular formula is C5H11F2N. The van der Waals surface area contributed by atoms with Crippen molar-refractivity contribution in [2.24, 2.45) is 5.73 Å². The molecule has 0 amide bonds. The smallest absolute Gasteiger partial charge is 0.251 e. The lowest BCUT2D eigenvalue weighted by atomic mass is 9.76. The largest absolute Gasteiger partial charge is 0.325 e. The standard InChI is InChI=1S/C5H9F2N.H2/c1-4(8)2-5(6,7)3-4;/h2-3,8H2,1H3;1H. The van der Waals surface area contributed by atoms with E-state index in [0.29, 0.717) is 0 Å². The molecule has 1 aliphatic carbocycles. The monoisotopic (exact) mass is 123 g/mol. The molecule has 1 rings (SSSR count). The molecule has 50 valence electrons. The number of rotatable bonds is 0. The lowest BCUT2D eigenvalue weighted by Gasteiger charge is -2.41. The van der Waals surface area contributed by atoms with E-state index in [-0.39, 0.29) is 14.3 Å². The molecule has 0 atom stereocenters. The third-order valence-electron chi connectivity index (χ3n) is 1.32. The van der Waals surface area contributed by atoms with Gasteiger partial charge in [-0.15, -0.1) is 0 Å². The molecule has 1 saturated carbocycles. The summed E-state index contributed by atoms with van der Waals surface area (Å²) in [4.78, 5) is 0. The molecule has 0 aliphatic heterocycles. The summed E-state index contributed by atoms with van der Waals surface area (Å²) in [5, 5.41) is 0. The number of alkyl halides is 2. The summed E-state index contributed by atoms with van der Waals surface area (Å²) in [5.41, 5.74) is 4.72. The Morgan fingerprint density at radius 1 is 1.50 bits per heavy atom. The van der Waals surface area contributed by atoms with E-state index in [4.69, 9.17) is 5.73 Å². The molecule has 0 aromatic carbocycles. The Bertz CT molecular complexity index is 91.5. The molecule has 0 aromatic heterocycles. The summed E-state index contributed by atoms with van der Waals surface area (Å²) >= 11 is 0. The fraction of sp³-hybridized carbons (Fsp3) is 1.00. The minimum absolute atomic E-state index is 0. The van der Waals surface area contributed by atoms with E-state index in [1.165, 1.54) is 0 Å². The molecule has 2 N–H and O–H groups in total. The second-order valence-corrected chi connectivity index (χ2v) is 2.86. The number of nitrogens with two attached hydrogens (primary N) is 1. The molecule has 0 aromatic rings. The van der Waals surface area contributed by atoms with Gasteiger partial charge in [-0.05, 0) is 6.92 Å². The second-order valence-electron chi connectivity index (χ2n) is 2.86. The zero-order valence-corrected chi connectivity index (χ0v) is 4.75. The van der Waals surface area contributed by atoms with Crippen LogP contribution < -0.4 is 5.73 Å². The molecule has 8 heavy (non-hydrogen) atoms. The van der Waals surface area contributed by atoms with Crippen molar-refractivity contribution in [3.05, 3.63) is 0 Å². The Morgan fingerprint density at radius 2 is 1.88 bits per heavy atom. The summed E-state index contributed by atoms with van der Waals surface area (Å²) in [6, 6.07) is 0. The topological polar surface area (TPSA) is 26.0 Å². The summed E-state index contributed by atoms with van der Waals surface area (Å²) in [7, 11) is 0. The molecular weight excluding hydrogens is 112 g/mol. The van der Waals surface area contributed by atoms with Crippen molar-refractivity contribution >= 4 is 0 Å². The first kappa shape index (κ1) is 5.95. The Balaban J connectivity index is 0.000000640. The average molecular weight is 123 g/mol. The Morgan fingerprint density at radius 3 is 1.88 bits per heavy atom. The van der Waals surface area contributed by atoms with Gasteiger partial charge in [-0.3, -0.25) is 0 Å². The van der Waals surface area contributed by atoms with Crippen LogP contribution in [0.25, 0.3) is 0 Å². The van der Waals surface area contributed by atoms with Crippen LogP contribution in [0.1, 0.15) is 21.2 Å². The Kier molecular flexibility index (Phi) is 0.899. The summed E-state index contributed by atoms with van der Waals surface area (Å²) in [6.45, 7) is 1.64. The lowest BCUT2D eigenvalue weighted by Crippen LogP contribution is -2.55. The molecule has 0 bridgehead atoms. The van der Waals surface area contributed by atoms with Gasteiger partial charge in [0, 0.05) is 19.8 Å². The normalized spacial score (nSPS) is 31.5. The highest BCUT2D eigenvalue weighted by Gasteiger charge is 2.51. The van der Waals surface area contributed by atoms with Crippen LogP contribution >= 0.6 is 0 Å². The van der Waals surface area contributed by atoms with Gasteiger partial charge in [0.2, 0.25) is 0 Å². The minimum atomic E-state index is -2.47. The highest BCUT2D eigenvalue weighted by molar-refractivity contribution is 4.99. The van der Waals surface area contributed by atoms with Crippen LogP contribution in [0.2, 0.25) is 0 Å². The zero-order chi connectivity index (χ0) is 6.41. The van der Waals surface area contributed by atoms with E-state index in [2.05, 4.69) is 0 Å². The molecule has 0 unspecified atom stereocenters. The van der Waals surface area contributed by atoms with Crippen molar-refractivity contribution in [1.82, 2.24) is 0 Å². The molecule has 1 nitrogen and oxygen atoms in total. The van der Waals surface area contributed by atoms with Gasteiger partial charge >= 0.3 is 0 Å². The molecule has 1 fully saturated rings. The molecule has 1 aliphatic rings. The predicted molar refractivity (Wildman–Crippen MR) is 28.9 cm³/mol. The lowest BCUT2D eigenvalue weighted by molar-refractivity contribution is -0.116. The third kappa shape index (κ3) is 0.968. The van der Waals surface area contributed by atoms with Crippen molar-refractivity contribution in [3.63, 3.8) is 0 Å². The van der Waals surface area contributed by atoms with Crippen molar-refractivity contribution in [2.45, 2.75) is 31.2 Å². The Hall–Kier alpha value is -0.180. The van der Waals surface area contributed by atoms with E-state index in [0.717, 1.165) is 0 Å². The van der Waals surface area contributed by atoms with E-state index in [9.17, 15) is 8.78 Å². The van der Waals surface area contributed by atoms with E-state index in [1.807, 2.05) is 0 Å². The van der Waals surface area contributed by atoms with Gasteiger partial charge in [-0.1, -0.05) is 0 Å². The maximum atomic E-state index is 12.0. The van der Waals surface area contributed by atoms with Gasteiger partial charge in [0.25, 0.3) is 5.92 Å². The second kappa shape index (κ2) is 1.21. The van der Waals surface area contributed by atoms with Gasteiger partial charge in [-0.25, -0.2) is 8.78 Å². The fourth-order valence-corrected chi connectivity index (χ4v) is 1.13. The van der Waals surface area contributed by atoms with Gasteiger partial charge < -0.3 is 5.73 Å². The van der Waals surface area contributed by atoms with Crippen molar-refractivity contribution in [1.29, 1.82) is 0 Å². The molecule has 0 spiro atoms. The fourth-order valence-electron chi connectivity index (χ4n) is 1.13. The van der Waals surface area contributed by atoms with Crippen LogP contribution in [0.3, 0.4) is 0 Å². The van der Waals surface area contributed by atoms with Crippen LogP contribution in [0, 0.1) is 0 Å². The highest BCUT2D eigenvalue weighted by atomic mass is 19.3. The van der Waals surface area contributed by atoms with Gasteiger partial charge in [-0.2, -0.15) is 0 Å². The van der Waals surface area contributed by atoms with Gasteiger partial charge in [0.15, 0.2) is 0 Å². The SMILES string of the molecule is CC1(N)CC(F)(F)C1.[HH]. The maximum Gasteiger partial charge on any atom is 0.251 e. The first-order valence-corrected chi connectivity index (χ1v) is 2.58. The first-order valence-electron chi connectivity index (χ1n) is 2.58. The molecule has 3 heteroatoms. The quantitative estimate of drug-likeness (QED) is 0.517. The third-order valence-corrected chi connectivity index (χ3v) is 1.32. The number of hydrogen-bond donors (Lipinski definition) is 1. The van der Waals surface area contributed by atoms with Crippen LogP contribution in [0.4, 0.5) is 8.78 Å². The zero-order valence-electron chi connectivity index (χ0n) is 4.75. The Labute approximate surface area is 48.3 Å².